The summed E-state index contributed by atoms with van der Waals surface area (Å²) in [5, 5.41) is 0. The van der Waals surface area contributed by atoms with Gasteiger partial charge in [-0.15, -0.1) is 11.8 Å². The molecule has 1 fully saturated rings. The predicted molar refractivity (Wildman–Crippen MR) is 70.4 cm³/mol. The first kappa shape index (κ1) is 13.5. The Hall–Kier alpha value is -0.520. The van der Waals surface area contributed by atoms with Gasteiger partial charge in [-0.05, 0) is 52.9 Å². The standard InChI is InChI=1S/C14H26N2/c1-4-6-14-7-10-16(11-8-14)13-12-15(3)9-5-2/h14H,5,7-13H2,1-3H3. The molecule has 1 aliphatic heterocycles. The molecule has 0 aromatic carbocycles. The molecule has 0 bridgehead atoms. The largest absolute Gasteiger partial charge is 0.305 e. The van der Waals surface area contributed by atoms with E-state index < -0.39 is 0 Å². The molecule has 0 unspecified atom stereocenters. The summed E-state index contributed by atoms with van der Waals surface area (Å²) in [5.74, 6) is 7.01. The molecule has 92 valence electrons. The summed E-state index contributed by atoms with van der Waals surface area (Å²) in [6.45, 7) is 10.3. The maximum absolute atomic E-state index is 3.30. The Bertz CT molecular complexity index is 231. The average Bonchev–Trinajstić information content (AvgIpc) is 2.29. The number of hydrogen-bond donors (Lipinski definition) is 0. The van der Waals surface area contributed by atoms with Crippen LogP contribution in [0.25, 0.3) is 0 Å². The highest BCUT2D eigenvalue weighted by Crippen LogP contribution is 2.15. The molecule has 2 heteroatoms. The lowest BCUT2D eigenvalue weighted by Crippen LogP contribution is -2.38. The minimum absolute atomic E-state index is 0.662. The molecule has 0 spiro atoms. The van der Waals surface area contributed by atoms with Gasteiger partial charge in [-0.25, -0.2) is 0 Å². The fourth-order valence-electron chi connectivity index (χ4n) is 2.31. The van der Waals surface area contributed by atoms with E-state index in [-0.39, 0.29) is 0 Å². The van der Waals surface area contributed by atoms with Crippen molar-refractivity contribution in [2.45, 2.75) is 33.1 Å². The van der Waals surface area contributed by atoms with Crippen molar-refractivity contribution in [3.05, 3.63) is 0 Å². The van der Waals surface area contributed by atoms with Gasteiger partial charge < -0.3 is 9.80 Å². The smallest absolute Gasteiger partial charge is 0.0227 e. The topological polar surface area (TPSA) is 6.48 Å². The third-order valence-corrected chi connectivity index (χ3v) is 3.34. The highest BCUT2D eigenvalue weighted by molar-refractivity contribution is 5.02. The first-order valence-electron chi connectivity index (χ1n) is 6.59. The molecule has 1 saturated heterocycles. The van der Waals surface area contributed by atoms with Gasteiger partial charge in [0, 0.05) is 19.0 Å². The van der Waals surface area contributed by atoms with Gasteiger partial charge in [0.15, 0.2) is 0 Å². The van der Waals surface area contributed by atoms with Crippen LogP contribution in [0, 0.1) is 17.8 Å². The van der Waals surface area contributed by atoms with Crippen LogP contribution in [0.15, 0.2) is 0 Å². The maximum atomic E-state index is 3.30. The maximum Gasteiger partial charge on any atom is 0.0227 e. The molecule has 1 heterocycles. The van der Waals surface area contributed by atoms with Crippen molar-refractivity contribution in [1.29, 1.82) is 0 Å². The van der Waals surface area contributed by atoms with Crippen LogP contribution in [-0.2, 0) is 0 Å². The zero-order chi connectivity index (χ0) is 11.8. The van der Waals surface area contributed by atoms with Gasteiger partial charge >= 0.3 is 0 Å². The zero-order valence-corrected chi connectivity index (χ0v) is 11.1. The quantitative estimate of drug-likeness (QED) is 0.657. The van der Waals surface area contributed by atoms with Gasteiger partial charge in [-0.1, -0.05) is 6.92 Å². The van der Waals surface area contributed by atoms with E-state index in [0.29, 0.717) is 5.92 Å². The van der Waals surface area contributed by atoms with Gasteiger partial charge in [0.1, 0.15) is 0 Å². The highest BCUT2D eigenvalue weighted by Gasteiger charge is 2.17. The van der Waals surface area contributed by atoms with E-state index in [1.807, 2.05) is 6.92 Å². The number of likely N-dealkylation sites (N-methyl/N-ethyl adjacent to an activating group) is 1. The molecule has 1 aliphatic rings. The third-order valence-electron chi connectivity index (χ3n) is 3.34. The summed E-state index contributed by atoms with van der Waals surface area (Å²) in [5.41, 5.74) is 0. The van der Waals surface area contributed by atoms with Crippen LogP contribution in [0.4, 0.5) is 0 Å². The number of piperidine rings is 1. The molecule has 0 aromatic rings. The molecule has 0 aromatic heterocycles. The summed E-state index contributed by atoms with van der Waals surface area (Å²) < 4.78 is 0. The molecule has 0 saturated carbocycles. The molecule has 1 rings (SSSR count). The first-order valence-corrected chi connectivity index (χ1v) is 6.59. The average molecular weight is 222 g/mol. The van der Waals surface area contributed by atoms with E-state index in [1.54, 1.807) is 0 Å². The Kier molecular flexibility index (Phi) is 6.52. The van der Waals surface area contributed by atoms with Crippen LogP contribution in [0.2, 0.25) is 0 Å². The van der Waals surface area contributed by atoms with E-state index in [4.69, 9.17) is 0 Å². The van der Waals surface area contributed by atoms with Gasteiger partial charge in [0.2, 0.25) is 0 Å². The minimum atomic E-state index is 0.662. The number of likely N-dealkylation sites (tertiary alicyclic amines) is 1. The Morgan fingerprint density at radius 2 is 1.94 bits per heavy atom. The molecule has 0 atom stereocenters. The summed E-state index contributed by atoms with van der Waals surface area (Å²) in [7, 11) is 2.22. The van der Waals surface area contributed by atoms with Crippen molar-refractivity contribution in [1.82, 2.24) is 9.80 Å². The fraction of sp³-hybridized carbons (Fsp3) is 0.857. The van der Waals surface area contributed by atoms with E-state index in [0.717, 1.165) is 0 Å². The van der Waals surface area contributed by atoms with Crippen molar-refractivity contribution in [3.63, 3.8) is 0 Å². The second-order valence-corrected chi connectivity index (χ2v) is 4.81. The van der Waals surface area contributed by atoms with Crippen molar-refractivity contribution in [2.75, 3.05) is 39.8 Å². The van der Waals surface area contributed by atoms with E-state index in [1.165, 1.54) is 52.0 Å². The molecule has 16 heavy (non-hydrogen) atoms. The molecular formula is C14H26N2. The van der Waals surface area contributed by atoms with Crippen LogP contribution in [-0.4, -0.2) is 49.6 Å². The lowest BCUT2D eigenvalue weighted by atomic mass is 9.97. The normalized spacial score (nSPS) is 18.5. The Morgan fingerprint density at radius 3 is 2.50 bits per heavy atom. The van der Waals surface area contributed by atoms with Crippen LogP contribution >= 0.6 is 0 Å². The second kappa shape index (κ2) is 7.70. The van der Waals surface area contributed by atoms with Crippen LogP contribution in [0.3, 0.4) is 0 Å². The fourth-order valence-corrected chi connectivity index (χ4v) is 2.31. The lowest BCUT2D eigenvalue weighted by Gasteiger charge is -2.31. The van der Waals surface area contributed by atoms with Gasteiger partial charge in [-0.2, -0.15) is 0 Å². The summed E-state index contributed by atoms with van der Waals surface area (Å²) in [6, 6.07) is 0. The SMILES string of the molecule is CC#CC1CCN(CCN(C)CCC)CC1. The number of rotatable bonds is 5. The predicted octanol–water partition coefficient (Wildman–Crippen LogP) is 2.06. The van der Waals surface area contributed by atoms with Crippen LogP contribution < -0.4 is 0 Å². The molecule has 2 nitrogen and oxygen atoms in total. The minimum Gasteiger partial charge on any atom is -0.305 e. The van der Waals surface area contributed by atoms with Crippen molar-refractivity contribution in [2.24, 2.45) is 5.92 Å². The van der Waals surface area contributed by atoms with Gasteiger partial charge in [-0.3, -0.25) is 0 Å². The summed E-state index contributed by atoms with van der Waals surface area (Å²) >= 11 is 0. The third kappa shape index (κ3) is 5.01. The molecule has 0 amide bonds. The van der Waals surface area contributed by atoms with Crippen molar-refractivity contribution >= 4 is 0 Å². The van der Waals surface area contributed by atoms with Gasteiger partial charge in [0.25, 0.3) is 0 Å². The summed E-state index contributed by atoms with van der Waals surface area (Å²) in [4.78, 5) is 5.01. The van der Waals surface area contributed by atoms with Crippen molar-refractivity contribution < 1.29 is 0 Å². The molecule has 0 N–H and O–H groups in total. The van der Waals surface area contributed by atoms with Crippen LogP contribution in [0.1, 0.15) is 33.1 Å². The number of hydrogen-bond acceptors (Lipinski definition) is 2. The highest BCUT2D eigenvalue weighted by atomic mass is 15.2. The first-order chi connectivity index (χ1) is 7.76. The Morgan fingerprint density at radius 1 is 1.25 bits per heavy atom. The van der Waals surface area contributed by atoms with Crippen LogP contribution in [0.5, 0.6) is 0 Å². The molecule has 0 aliphatic carbocycles. The summed E-state index contributed by atoms with van der Waals surface area (Å²) in [6.07, 6.45) is 3.78. The molecule has 0 radical (unpaired) electrons. The van der Waals surface area contributed by atoms with E-state index in [2.05, 4.69) is 35.6 Å². The number of nitrogens with zero attached hydrogens (tertiary/aromatic N) is 2. The zero-order valence-electron chi connectivity index (χ0n) is 11.1. The van der Waals surface area contributed by atoms with E-state index in [9.17, 15) is 0 Å². The molecular weight excluding hydrogens is 196 g/mol. The van der Waals surface area contributed by atoms with E-state index >= 15 is 0 Å². The Balaban J connectivity index is 2.14. The Labute approximate surface area is 101 Å². The second-order valence-electron chi connectivity index (χ2n) is 4.81. The van der Waals surface area contributed by atoms with Gasteiger partial charge in [0.05, 0.1) is 0 Å². The lowest BCUT2D eigenvalue weighted by molar-refractivity contribution is 0.181. The monoisotopic (exact) mass is 222 g/mol. The van der Waals surface area contributed by atoms with Crippen molar-refractivity contribution in [3.8, 4) is 11.8 Å².